The van der Waals surface area contributed by atoms with E-state index < -0.39 is 0 Å². The molecule has 1 amide bonds. The molecule has 0 aliphatic carbocycles. The van der Waals surface area contributed by atoms with Crippen molar-refractivity contribution in [3.8, 4) is 0 Å². The molecule has 1 heterocycles. The first-order valence-electron chi connectivity index (χ1n) is 4.73. The Labute approximate surface area is 74.0 Å². The summed E-state index contributed by atoms with van der Waals surface area (Å²) >= 11 is 0. The molecule has 0 aromatic carbocycles. The van der Waals surface area contributed by atoms with Gasteiger partial charge in [-0.2, -0.15) is 0 Å². The minimum Gasteiger partial charge on any atom is -0.353 e. The van der Waals surface area contributed by atoms with Gasteiger partial charge in [0.2, 0.25) is 5.91 Å². The highest BCUT2D eigenvalue weighted by Gasteiger charge is 2.14. The fourth-order valence-electron chi connectivity index (χ4n) is 1.58. The van der Waals surface area contributed by atoms with E-state index in [9.17, 15) is 4.79 Å². The summed E-state index contributed by atoms with van der Waals surface area (Å²) in [6, 6.07) is 0.401. The van der Waals surface area contributed by atoms with Crippen molar-refractivity contribution in [2.75, 3.05) is 0 Å². The Balaban J connectivity index is 2.30. The second-order valence-electron chi connectivity index (χ2n) is 3.38. The molecular formula is C10H17NO. The summed E-state index contributed by atoms with van der Waals surface area (Å²) in [4.78, 5) is 11.1. The summed E-state index contributed by atoms with van der Waals surface area (Å²) in [7, 11) is 0. The molecule has 0 aromatic heterocycles. The molecule has 1 rings (SSSR count). The zero-order valence-corrected chi connectivity index (χ0v) is 7.51. The van der Waals surface area contributed by atoms with E-state index in [1.54, 1.807) is 0 Å². The first-order valence-corrected chi connectivity index (χ1v) is 4.73. The molecule has 1 aliphatic rings. The quantitative estimate of drug-likeness (QED) is 0.640. The third kappa shape index (κ3) is 3.07. The largest absolute Gasteiger partial charge is 0.353 e. The third-order valence-electron chi connectivity index (χ3n) is 2.29. The Hall–Kier alpha value is -0.790. The summed E-state index contributed by atoms with van der Waals surface area (Å²) in [5.41, 5.74) is 0. The van der Waals surface area contributed by atoms with Crippen LogP contribution in [0.4, 0.5) is 0 Å². The smallest absolute Gasteiger partial charge is 0.220 e. The molecule has 0 aromatic rings. The molecule has 1 saturated heterocycles. The molecule has 0 bridgehead atoms. The van der Waals surface area contributed by atoms with Crippen LogP contribution >= 0.6 is 0 Å². The molecule has 2 nitrogen and oxygen atoms in total. The lowest BCUT2D eigenvalue weighted by Crippen LogP contribution is -2.32. The number of carbonyl (C=O) groups excluding carboxylic acids is 1. The highest BCUT2D eigenvalue weighted by molar-refractivity contribution is 5.76. The van der Waals surface area contributed by atoms with E-state index >= 15 is 0 Å². The second kappa shape index (κ2) is 4.96. The molecule has 1 fully saturated rings. The monoisotopic (exact) mass is 167 g/mol. The lowest BCUT2D eigenvalue weighted by atomic mass is 10.1. The van der Waals surface area contributed by atoms with Crippen LogP contribution in [0.5, 0.6) is 0 Å². The van der Waals surface area contributed by atoms with Gasteiger partial charge in [-0.25, -0.2) is 0 Å². The van der Waals surface area contributed by atoms with E-state index in [0.29, 0.717) is 12.5 Å². The Morgan fingerprint density at radius 2 is 2.42 bits per heavy atom. The molecule has 0 spiro atoms. The van der Waals surface area contributed by atoms with Gasteiger partial charge in [-0.15, -0.1) is 6.58 Å². The van der Waals surface area contributed by atoms with Crippen LogP contribution in [0.1, 0.15) is 38.5 Å². The summed E-state index contributed by atoms with van der Waals surface area (Å²) in [5, 5.41) is 3.03. The average Bonchev–Trinajstić information content (AvgIpc) is 2.26. The number of amides is 1. The molecule has 2 heteroatoms. The first-order chi connectivity index (χ1) is 5.83. The predicted octanol–water partition coefficient (Wildman–Crippen LogP) is 2.01. The van der Waals surface area contributed by atoms with Crippen LogP contribution in [0.15, 0.2) is 12.7 Å². The lowest BCUT2D eigenvalue weighted by molar-refractivity contribution is -0.121. The van der Waals surface area contributed by atoms with Gasteiger partial charge >= 0.3 is 0 Å². The molecule has 1 aliphatic heterocycles. The van der Waals surface area contributed by atoms with Gasteiger partial charge in [0.1, 0.15) is 0 Å². The van der Waals surface area contributed by atoms with Gasteiger partial charge in [-0.05, 0) is 25.7 Å². The number of hydrogen-bond donors (Lipinski definition) is 1. The molecule has 1 N–H and O–H groups in total. The van der Waals surface area contributed by atoms with Crippen LogP contribution in [0.25, 0.3) is 0 Å². The maximum atomic E-state index is 11.1. The number of rotatable bonds is 3. The predicted molar refractivity (Wildman–Crippen MR) is 49.8 cm³/mol. The van der Waals surface area contributed by atoms with Gasteiger partial charge < -0.3 is 5.32 Å². The molecular weight excluding hydrogens is 150 g/mol. The van der Waals surface area contributed by atoms with Crippen molar-refractivity contribution in [2.45, 2.75) is 44.6 Å². The van der Waals surface area contributed by atoms with E-state index in [4.69, 9.17) is 0 Å². The van der Waals surface area contributed by atoms with E-state index in [2.05, 4.69) is 11.9 Å². The van der Waals surface area contributed by atoms with Crippen molar-refractivity contribution in [1.29, 1.82) is 0 Å². The Morgan fingerprint density at radius 1 is 1.58 bits per heavy atom. The van der Waals surface area contributed by atoms with Gasteiger partial charge in [0.25, 0.3) is 0 Å². The third-order valence-corrected chi connectivity index (χ3v) is 2.29. The topological polar surface area (TPSA) is 29.1 Å². The molecule has 0 saturated carbocycles. The minimum atomic E-state index is 0.224. The molecule has 12 heavy (non-hydrogen) atoms. The van der Waals surface area contributed by atoms with Crippen LogP contribution in [0, 0.1) is 0 Å². The number of hydrogen-bond acceptors (Lipinski definition) is 1. The average molecular weight is 167 g/mol. The van der Waals surface area contributed by atoms with E-state index in [1.165, 1.54) is 6.42 Å². The Morgan fingerprint density at radius 3 is 3.17 bits per heavy atom. The summed E-state index contributed by atoms with van der Waals surface area (Å²) in [6.45, 7) is 3.67. The van der Waals surface area contributed by atoms with Crippen molar-refractivity contribution < 1.29 is 4.79 Å². The highest BCUT2D eigenvalue weighted by atomic mass is 16.1. The van der Waals surface area contributed by atoms with Crippen LogP contribution < -0.4 is 5.32 Å². The van der Waals surface area contributed by atoms with E-state index in [1.807, 2.05) is 6.08 Å². The Kier molecular flexibility index (Phi) is 3.85. The second-order valence-corrected chi connectivity index (χ2v) is 3.38. The number of nitrogens with one attached hydrogen (secondary N) is 1. The number of allylic oxidation sites excluding steroid dienone is 1. The SMILES string of the molecule is C=CCCC1CCCCC(=O)N1. The lowest BCUT2D eigenvalue weighted by Gasteiger charge is -2.13. The van der Waals surface area contributed by atoms with Gasteiger partial charge in [0.05, 0.1) is 0 Å². The van der Waals surface area contributed by atoms with Gasteiger partial charge in [0, 0.05) is 12.5 Å². The van der Waals surface area contributed by atoms with Crippen LogP contribution in [-0.2, 0) is 4.79 Å². The standard InChI is InChI=1S/C10H17NO/c1-2-3-6-9-7-4-5-8-10(12)11-9/h2,9H,1,3-8H2,(H,11,12). The zero-order chi connectivity index (χ0) is 8.81. The number of carbonyl (C=O) groups is 1. The molecule has 1 unspecified atom stereocenters. The van der Waals surface area contributed by atoms with Crippen molar-refractivity contribution in [3.63, 3.8) is 0 Å². The Bertz CT molecular complexity index is 165. The van der Waals surface area contributed by atoms with Gasteiger partial charge in [0.15, 0.2) is 0 Å². The fraction of sp³-hybridized carbons (Fsp3) is 0.700. The summed E-state index contributed by atoms with van der Waals surface area (Å²) < 4.78 is 0. The minimum absolute atomic E-state index is 0.224. The zero-order valence-electron chi connectivity index (χ0n) is 7.51. The fourth-order valence-corrected chi connectivity index (χ4v) is 1.58. The van der Waals surface area contributed by atoms with Crippen LogP contribution in [0.3, 0.4) is 0 Å². The van der Waals surface area contributed by atoms with Crippen LogP contribution in [0.2, 0.25) is 0 Å². The van der Waals surface area contributed by atoms with Gasteiger partial charge in [-0.1, -0.05) is 12.5 Å². The summed E-state index contributed by atoms with van der Waals surface area (Å²) in [5.74, 6) is 0.224. The van der Waals surface area contributed by atoms with Crippen LogP contribution in [-0.4, -0.2) is 11.9 Å². The maximum absolute atomic E-state index is 11.1. The van der Waals surface area contributed by atoms with Crippen molar-refractivity contribution in [1.82, 2.24) is 5.32 Å². The van der Waals surface area contributed by atoms with Gasteiger partial charge in [-0.3, -0.25) is 4.79 Å². The van der Waals surface area contributed by atoms with E-state index in [-0.39, 0.29) is 5.91 Å². The van der Waals surface area contributed by atoms with Crippen molar-refractivity contribution in [2.24, 2.45) is 0 Å². The maximum Gasteiger partial charge on any atom is 0.220 e. The normalized spacial score (nSPS) is 24.3. The first kappa shape index (κ1) is 9.30. The molecule has 68 valence electrons. The van der Waals surface area contributed by atoms with Crippen molar-refractivity contribution in [3.05, 3.63) is 12.7 Å². The highest BCUT2D eigenvalue weighted by Crippen LogP contribution is 2.12. The van der Waals surface area contributed by atoms with E-state index in [0.717, 1.165) is 25.7 Å². The molecule has 0 radical (unpaired) electrons. The summed E-state index contributed by atoms with van der Waals surface area (Å²) in [6.07, 6.45) is 8.05. The van der Waals surface area contributed by atoms with Crippen molar-refractivity contribution >= 4 is 5.91 Å². The molecule has 1 atom stereocenters.